The van der Waals surface area contributed by atoms with Gasteiger partial charge in [0, 0.05) is 24.7 Å². The van der Waals surface area contributed by atoms with Crippen molar-refractivity contribution >= 4 is 29.6 Å². The molecule has 1 aromatic rings. The molecule has 0 aliphatic rings. The molecule has 4 amide bonds. The predicted octanol–water partition coefficient (Wildman–Crippen LogP) is -0.824. The number of rotatable bonds is 16. The van der Waals surface area contributed by atoms with Crippen LogP contribution in [-0.2, 0) is 30.4 Å². The van der Waals surface area contributed by atoms with Crippen molar-refractivity contribution in [1.82, 2.24) is 25.9 Å². The number of primary amides is 1. The van der Waals surface area contributed by atoms with Crippen LogP contribution in [-0.4, -0.2) is 68.8 Å². The van der Waals surface area contributed by atoms with E-state index in [0.29, 0.717) is 18.5 Å². The van der Waals surface area contributed by atoms with Crippen molar-refractivity contribution in [3.05, 3.63) is 18.2 Å². The SMILES string of the molecule is CCC(C)C(NC(=O)C(CCC(N)=O)NC(=O)C(NC(=O)C(N)Cc1cnc[nH]1)C(C)CC)C(=O)O. The second-order valence-corrected chi connectivity index (χ2v) is 9.04. The number of aliphatic carboxylic acids is 1. The fourth-order valence-electron chi connectivity index (χ4n) is 3.44. The van der Waals surface area contributed by atoms with Crippen molar-refractivity contribution in [3.63, 3.8) is 0 Å². The number of aromatic nitrogens is 2. The van der Waals surface area contributed by atoms with Gasteiger partial charge >= 0.3 is 5.97 Å². The molecule has 202 valence electrons. The van der Waals surface area contributed by atoms with E-state index in [2.05, 4.69) is 25.9 Å². The molecule has 0 fully saturated rings. The number of amides is 4. The summed E-state index contributed by atoms with van der Waals surface area (Å²) in [6.07, 6.45) is 3.85. The molecule has 6 atom stereocenters. The van der Waals surface area contributed by atoms with Crippen LogP contribution in [0.1, 0.15) is 59.1 Å². The van der Waals surface area contributed by atoms with Crippen LogP contribution in [0.3, 0.4) is 0 Å². The molecule has 1 aromatic heterocycles. The maximum Gasteiger partial charge on any atom is 0.326 e. The minimum Gasteiger partial charge on any atom is -0.480 e. The average molecular weight is 510 g/mol. The topological polar surface area (TPSA) is 222 Å². The molecule has 13 heteroatoms. The van der Waals surface area contributed by atoms with Gasteiger partial charge in [-0.15, -0.1) is 0 Å². The van der Waals surface area contributed by atoms with Gasteiger partial charge in [-0.25, -0.2) is 9.78 Å². The Morgan fingerprint density at radius 1 is 0.972 bits per heavy atom. The third-order valence-electron chi connectivity index (χ3n) is 6.21. The second kappa shape index (κ2) is 14.8. The highest BCUT2D eigenvalue weighted by molar-refractivity contribution is 5.94. The zero-order valence-corrected chi connectivity index (χ0v) is 21.2. The Morgan fingerprint density at radius 2 is 1.56 bits per heavy atom. The number of carbonyl (C=O) groups excluding carboxylic acids is 4. The van der Waals surface area contributed by atoms with Crippen LogP contribution in [0.5, 0.6) is 0 Å². The third kappa shape index (κ3) is 9.64. The summed E-state index contributed by atoms with van der Waals surface area (Å²) in [5, 5.41) is 17.1. The monoisotopic (exact) mass is 509 g/mol. The quantitative estimate of drug-likeness (QED) is 0.149. The number of H-pyrrole nitrogens is 1. The summed E-state index contributed by atoms with van der Waals surface area (Å²) in [6.45, 7) is 7.06. The van der Waals surface area contributed by atoms with Gasteiger partial charge in [-0.05, 0) is 18.3 Å². The van der Waals surface area contributed by atoms with Crippen molar-refractivity contribution in [2.75, 3.05) is 0 Å². The van der Waals surface area contributed by atoms with Gasteiger partial charge in [0.15, 0.2) is 0 Å². The van der Waals surface area contributed by atoms with Gasteiger partial charge < -0.3 is 37.5 Å². The summed E-state index contributed by atoms with van der Waals surface area (Å²) in [5.41, 5.74) is 11.9. The first kappa shape index (κ1) is 30.6. The van der Waals surface area contributed by atoms with Crippen molar-refractivity contribution < 1.29 is 29.1 Å². The van der Waals surface area contributed by atoms with Gasteiger partial charge in [-0.1, -0.05) is 40.5 Å². The largest absolute Gasteiger partial charge is 0.480 e. The average Bonchev–Trinajstić information content (AvgIpc) is 3.34. The first-order valence-corrected chi connectivity index (χ1v) is 12.1. The standard InChI is InChI=1S/C23H39N7O6/c1-5-12(3)18(29-20(32)15(24)9-14-10-26-11-27-14)22(34)28-16(7-8-17(25)31)21(33)30-19(23(35)36)13(4)6-2/h10-13,15-16,18-19H,5-9,24H2,1-4H3,(H2,25,31)(H,26,27)(H,28,34)(H,29,32)(H,30,33)(H,35,36). The molecule has 13 nitrogen and oxygen atoms in total. The molecule has 0 bridgehead atoms. The van der Waals surface area contributed by atoms with Gasteiger partial charge in [0.25, 0.3) is 0 Å². The summed E-state index contributed by atoms with van der Waals surface area (Å²) >= 11 is 0. The predicted molar refractivity (Wildman–Crippen MR) is 131 cm³/mol. The van der Waals surface area contributed by atoms with Gasteiger partial charge in [0.1, 0.15) is 18.1 Å². The van der Waals surface area contributed by atoms with E-state index >= 15 is 0 Å². The Bertz CT molecular complexity index is 892. The molecule has 0 saturated heterocycles. The molecule has 1 rings (SSSR count). The normalized spacial score (nSPS) is 16.0. The lowest BCUT2D eigenvalue weighted by Crippen LogP contribution is -2.59. The lowest BCUT2D eigenvalue weighted by Gasteiger charge is -2.28. The molecule has 36 heavy (non-hydrogen) atoms. The zero-order chi connectivity index (χ0) is 27.4. The molecular weight excluding hydrogens is 470 g/mol. The van der Waals surface area contributed by atoms with Crippen molar-refractivity contribution in [2.24, 2.45) is 23.3 Å². The lowest BCUT2D eigenvalue weighted by atomic mass is 9.96. The summed E-state index contributed by atoms with van der Waals surface area (Å²) in [4.78, 5) is 68.6. The zero-order valence-electron chi connectivity index (χ0n) is 21.2. The van der Waals surface area contributed by atoms with E-state index in [1.807, 2.05) is 6.92 Å². The maximum absolute atomic E-state index is 13.2. The molecule has 0 saturated carbocycles. The molecule has 1 heterocycles. The number of aromatic amines is 1. The van der Waals surface area contributed by atoms with E-state index in [4.69, 9.17) is 11.5 Å². The van der Waals surface area contributed by atoms with Gasteiger partial charge in [-0.2, -0.15) is 0 Å². The van der Waals surface area contributed by atoms with Crippen LogP contribution in [0.25, 0.3) is 0 Å². The van der Waals surface area contributed by atoms with Crippen LogP contribution < -0.4 is 27.4 Å². The fraction of sp³-hybridized carbons (Fsp3) is 0.652. The van der Waals surface area contributed by atoms with Gasteiger partial charge in [-0.3, -0.25) is 19.2 Å². The first-order chi connectivity index (χ1) is 16.9. The number of carboxylic acid groups (broad SMARTS) is 1. The fourth-order valence-corrected chi connectivity index (χ4v) is 3.44. The van der Waals surface area contributed by atoms with Gasteiger partial charge in [0.2, 0.25) is 23.6 Å². The van der Waals surface area contributed by atoms with Crippen LogP contribution >= 0.6 is 0 Å². The highest BCUT2D eigenvalue weighted by Gasteiger charge is 2.33. The molecule has 0 aromatic carbocycles. The molecular formula is C23H39N7O6. The summed E-state index contributed by atoms with van der Waals surface area (Å²) < 4.78 is 0. The summed E-state index contributed by atoms with van der Waals surface area (Å²) in [5.74, 6) is -4.58. The maximum atomic E-state index is 13.2. The van der Waals surface area contributed by atoms with Crippen LogP contribution in [0.4, 0.5) is 0 Å². The number of carboxylic acids is 1. The molecule has 0 radical (unpaired) electrons. The van der Waals surface area contributed by atoms with Crippen molar-refractivity contribution in [2.45, 2.75) is 84.0 Å². The van der Waals surface area contributed by atoms with Crippen LogP contribution in [0.2, 0.25) is 0 Å². The smallest absolute Gasteiger partial charge is 0.326 e. The van der Waals surface area contributed by atoms with E-state index in [1.54, 1.807) is 20.8 Å². The number of hydrogen-bond donors (Lipinski definition) is 7. The number of hydrogen-bond acceptors (Lipinski definition) is 7. The highest BCUT2D eigenvalue weighted by atomic mass is 16.4. The number of nitrogens with one attached hydrogen (secondary N) is 4. The van der Waals surface area contributed by atoms with E-state index in [1.165, 1.54) is 12.5 Å². The van der Waals surface area contributed by atoms with Gasteiger partial charge in [0.05, 0.1) is 12.4 Å². The van der Waals surface area contributed by atoms with Crippen LogP contribution in [0.15, 0.2) is 12.5 Å². The Labute approximate surface area is 210 Å². The third-order valence-corrected chi connectivity index (χ3v) is 6.21. The van der Waals surface area contributed by atoms with Crippen molar-refractivity contribution in [3.8, 4) is 0 Å². The minimum absolute atomic E-state index is 0.139. The molecule has 9 N–H and O–H groups in total. The van der Waals surface area contributed by atoms with Crippen molar-refractivity contribution in [1.29, 1.82) is 0 Å². The lowest BCUT2D eigenvalue weighted by molar-refractivity contribution is -0.144. The molecule has 0 spiro atoms. The minimum atomic E-state index is -1.24. The number of nitrogens with two attached hydrogens (primary N) is 2. The van der Waals surface area contributed by atoms with E-state index in [0.717, 1.165) is 0 Å². The Kier molecular flexibility index (Phi) is 12.6. The van der Waals surface area contributed by atoms with Crippen LogP contribution in [0, 0.1) is 11.8 Å². The molecule has 6 unspecified atom stereocenters. The molecule has 0 aliphatic heterocycles. The summed E-state index contributed by atoms with van der Waals surface area (Å²) in [7, 11) is 0. The van der Waals surface area contributed by atoms with E-state index in [-0.39, 0.29) is 31.1 Å². The second-order valence-electron chi connectivity index (χ2n) is 9.04. The number of carbonyl (C=O) groups is 5. The first-order valence-electron chi connectivity index (χ1n) is 12.1. The molecule has 0 aliphatic carbocycles. The number of nitrogens with zero attached hydrogens (tertiary/aromatic N) is 1. The highest BCUT2D eigenvalue weighted by Crippen LogP contribution is 2.12. The summed E-state index contributed by atoms with van der Waals surface area (Å²) in [6, 6.07) is -4.39. The van der Waals surface area contributed by atoms with E-state index in [9.17, 15) is 29.1 Å². The number of imidazole rings is 1. The Hall–Kier alpha value is -3.48. The van der Waals surface area contributed by atoms with E-state index < -0.39 is 53.8 Å². The Morgan fingerprint density at radius 3 is 2.06 bits per heavy atom. The Balaban J connectivity index is 3.02.